The van der Waals surface area contributed by atoms with Crippen molar-refractivity contribution in [2.45, 2.75) is 90.4 Å². The largest absolute Gasteiger partial charge is 0.391 e. The van der Waals surface area contributed by atoms with Gasteiger partial charge in [-0.15, -0.1) is 0 Å². The number of primary amides is 2. The molecule has 0 aliphatic carbocycles. The van der Waals surface area contributed by atoms with E-state index in [1.54, 1.807) is 0 Å². The molecule has 0 aromatic heterocycles. The molecule has 10 heteroatoms. The Morgan fingerprint density at radius 2 is 1.50 bits per heavy atom. The molecule has 2 heterocycles. The van der Waals surface area contributed by atoms with Crippen LogP contribution in [0.2, 0.25) is 0 Å². The van der Waals surface area contributed by atoms with Gasteiger partial charge in [-0.1, -0.05) is 20.8 Å². The summed E-state index contributed by atoms with van der Waals surface area (Å²) in [5, 5.41) is 9.47. The Morgan fingerprint density at radius 3 is 1.90 bits per heavy atom. The van der Waals surface area contributed by atoms with Crippen LogP contribution >= 0.6 is 0 Å². The topological polar surface area (TPSA) is 173 Å². The van der Waals surface area contributed by atoms with Gasteiger partial charge in [-0.3, -0.25) is 19.2 Å². The van der Waals surface area contributed by atoms with Gasteiger partial charge in [0.2, 0.25) is 23.6 Å². The molecule has 0 radical (unpaired) electrons. The minimum Gasteiger partial charge on any atom is -0.391 e. The van der Waals surface area contributed by atoms with E-state index in [2.05, 4.69) is 0 Å². The van der Waals surface area contributed by atoms with Crippen molar-refractivity contribution in [2.24, 2.45) is 17.2 Å². The molecule has 174 valence electrons. The predicted molar refractivity (Wildman–Crippen MR) is 114 cm³/mol. The maximum absolute atomic E-state index is 12.7. The Kier molecular flexibility index (Phi) is 12.9. The van der Waals surface area contributed by atoms with Gasteiger partial charge in [0.05, 0.1) is 6.10 Å². The highest BCUT2D eigenvalue weighted by atomic mass is 16.3. The zero-order valence-electron chi connectivity index (χ0n) is 18.7. The minimum atomic E-state index is -1.04. The van der Waals surface area contributed by atoms with Gasteiger partial charge in [0, 0.05) is 19.5 Å². The molecule has 4 amide bonds. The van der Waals surface area contributed by atoms with Gasteiger partial charge in [-0.25, -0.2) is 0 Å². The summed E-state index contributed by atoms with van der Waals surface area (Å²) in [6.45, 7) is 8.28. The summed E-state index contributed by atoms with van der Waals surface area (Å²) in [5.74, 6) is -1.40. The van der Waals surface area contributed by atoms with E-state index in [0.29, 0.717) is 38.8 Å². The number of nitrogens with zero attached hydrogens (tertiary/aromatic N) is 2. The number of hydrogen-bond acceptors (Lipinski definition) is 6. The monoisotopic (exact) mass is 429 g/mol. The van der Waals surface area contributed by atoms with E-state index in [-0.39, 0.29) is 11.8 Å². The zero-order chi connectivity index (χ0) is 23.4. The zero-order valence-corrected chi connectivity index (χ0v) is 18.7. The fraction of sp³-hybridized carbons (Fsp3) is 0.800. The van der Waals surface area contributed by atoms with Gasteiger partial charge in [0.1, 0.15) is 18.1 Å². The van der Waals surface area contributed by atoms with E-state index >= 15 is 0 Å². The van der Waals surface area contributed by atoms with E-state index in [4.69, 9.17) is 17.2 Å². The van der Waals surface area contributed by atoms with Crippen molar-refractivity contribution >= 4 is 23.6 Å². The summed E-state index contributed by atoms with van der Waals surface area (Å²) in [5.41, 5.74) is 15.8. The first kappa shape index (κ1) is 27.8. The number of likely N-dealkylation sites (tertiary alicyclic amines) is 2. The molecule has 0 aromatic rings. The Morgan fingerprint density at radius 1 is 1.00 bits per heavy atom. The first-order chi connectivity index (χ1) is 14.1. The Labute approximate surface area is 179 Å². The fourth-order valence-corrected chi connectivity index (χ4v) is 3.45. The van der Waals surface area contributed by atoms with E-state index < -0.39 is 36.0 Å². The first-order valence-corrected chi connectivity index (χ1v) is 10.7. The van der Waals surface area contributed by atoms with Gasteiger partial charge in [0.15, 0.2) is 0 Å². The molecule has 0 spiro atoms. The number of aliphatic hydroxyl groups is 1. The van der Waals surface area contributed by atoms with Crippen LogP contribution in [0.3, 0.4) is 0 Å². The molecule has 0 aromatic carbocycles. The van der Waals surface area contributed by atoms with Crippen LogP contribution in [0, 0.1) is 0 Å². The fourth-order valence-electron chi connectivity index (χ4n) is 3.45. The molecule has 2 rings (SSSR count). The molecule has 0 saturated carbocycles. The number of rotatable bonds is 6. The van der Waals surface area contributed by atoms with Crippen molar-refractivity contribution in [2.75, 3.05) is 13.1 Å². The van der Waals surface area contributed by atoms with Crippen LogP contribution in [0.4, 0.5) is 0 Å². The summed E-state index contributed by atoms with van der Waals surface area (Å²) in [7, 11) is 0. The van der Waals surface area contributed by atoms with Gasteiger partial charge < -0.3 is 32.1 Å². The summed E-state index contributed by atoms with van der Waals surface area (Å²) in [6.07, 6.45) is 2.93. The van der Waals surface area contributed by atoms with Crippen LogP contribution in [0.25, 0.3) is 0 Å². The summed E-state index contributed by atoms with van der Waals surface area (Å²) >= 11 is 0. The quantitative estimate of drug-likeness (QED) is 0.441. The molecule has 30 heavy (non-hydrogen) atoms. The van der Waals surface area contributed by atoms with Gasteiger partial charge >= 0.3 is 0 Å². The molecule has 10 nitrogen and oxygen atoms in total. The highest BCUT2D eigenvalue weighted by Gasteiger charge is 2.42. The average molecular weight is 430 g/mol. The van der Waals surface area contributed by atoms with Crippen LogP contribution in [0.15, 0.2) is 0 Å². The molecule has 0 bridgehead atoms. The molecule has 4 atom stereocenters. The van der Waals surface area contributed by atoms with Crippen molar-refractivity contribution in [1.82, 2.24) is 9.80 Å². The van der Waals surface area contributed by atoms with E-state index in [1.807, 2.05) is 20.8 Å². The lowest BCUT2D eigenvalue weighted by Crippen LogP contribution is -2.56. The highest BCUT2D eigenvalue weighted by molar-refractivity contribution is 5.93. The molecule has 2 aliphatic rings. The van der Waals surface area contributed by atoms with Gasteiger partial charge in [0.25, 0.3) is 0 Å². The second kappa shape index (κ2) is 13.9. The third kappa shape index (κ3) is 7.91. The number of nitrogens with two attached hydrogens (primary N) is 3. The third-order valence-electron chi connectivity index (χ3n) is 4.99. The lowest BCUT2D eigenvalue weighted by atomic mass is 10.1. The normalized spacial score (nSPS) is 22.2. The first-order valence-electron chi connectivity index (χ1n) is 10.7. The summed E-state index contributed by atoms with van der Waals surface area (Å²) in [4.78, 5) is 49.2. The van der Waals surface area contributed by atoms with Crippen LogP contribution < -0.4 is 17.2 Å². The van der Waals surface area contributed by atoms with Crippen molar-refractivity contribution in [3.8, 4) is 0 Å². The number of amides is 4. The van der Waals surface area contributed by atoms with Crippen LogP contribution in [0.5, 0.6) is 0 Å². The van der Waals surface area contributed by atoms with Gasteiger partial charge in [-0.05, 0) is 39.0 Å². The van der Waals surface area contributed by atoms with E-state index in [1.165, 1.54) is 16.7 Å². The molecular formula is C20H39N5O5. The standard InChI is InChI=1S/C14H24N4O4.C4H9NO.C2H6/c1-8(19)11(15)14(22)18-7-3-5-10(18)13(21)17-6-2-4-9(17)12(16)20;1-2-3-4(5)6;1-2/h8-11,19H,2-7,15H2,1H3,(H2,16,20);2-3H2,1H3,(H2,5,6);1-2H3. The lowest BCUT2D eigenvalue weighted by molar-refractivity contribution is -0.147. The smallest absolute Gasteiger partial charge is 0.246 e. The van der Waals surface area contributed by atoms with Crippen LogP contribution in [0.1, 0.15) is 66.2 Å². The maximum Gasteiger partial charge on any atom is 0.246 e. The van der Waals surface area contributed by atoms with Crippen LogP contribution in [-0.4, -0.2) is 75.9 Å². The SMILES string of the molecule is CC.CC(O)C(N)C(=O)N1CCCC1C(=O)N1CCCC1C(N)=O.CCCC(N)=O. The minimum absolute atomic E-state index is 0.211. The van der Waals surface area contributed by atoms with E-state index in [0.717, 1.165) is 12.8 Å². The lowest BCUT2D eigenvalue weighted by Gasteiger charge is -2.32. The molecular weight excluding hydrogens is 390 g/mol. The number of carbonyl (C=O) groups excluding carboxylic acids is 4. The molecule has 2 fully saturated rings. The van der Waals surface area contributed by atoms with Crippen molar-refractivity contribution < 1.29 is 24.3 Å². The molecule has 4 unspecified atom stereocenters. The van der Waals surface area contributed by atoms with Crippen molar-refractivity contribution in [3.05, 3.63) is 0 Å². The Balaban J connectivity index is 0.000000905. The second-order valence-electron chi connectivity index (χ2n) is 7.26. The summed E-state index contributed by atoms with van der Waals surface area (Å²) < 4.78 is 0. The Hall–Kier alpha value is -2.20. The number of aliphatic hydroxyl groups excluding tert-OH is 1. The average Bonchev–Trinajstić information content (AvgIpc) is 3.37. The third-order valence-corrected chi connectivity index (χ3v) is 4.99. The molecule has 2 saturated heterocycles. The molecule has 7 N–H and O–H groups in total. The molecule has 2 aliphatic heterocycles. The predicted octanol–water partition coefficient (Wildman–Crippen LogP) is -0.540. The Bertz CT molecular complexity index is 584. The van der Waals surface area contributed by atoms with Gasteiger partial charge in [-0.2, -0.15) is 0 Å². The van der Waals surface area contributed by atoms with E-state index in [9.17, 15) is 24.3 Å². The number of carbonyl (C=O) groups is 4. The van der Waals surface area contributed by atoms with Crippen LogP contribution in [-0.2, 0) is 19.2 Å². The maximum atomic E-state index is 12.7. The summed E-state index contributed by atoms with van der Waals surface area (Å²) in [6, 6.07) is -2.24. The number of hydrogen-bond donors (Lipinski definition) is 4. The van der Waals surface area contributed by atoms with Crippen molar-refractivity contribution in [1.29, 1.82) is 0 Å². The highest BCUT2D eigenvalue weighted by Crippen LogP contribution is 2.25. The second-order valence-corrected chi connectivity index (χ2v) is 7.26. The van der Waals surface area contributed by atoms with Crippen molar-refractivity contribution in [3.63, 3.8) is 0 Å².